The fourth-order valence-corrected chi connectivity index (χ4v) is 3.06. The van der Waals surface area contributed by atoms with E-state index in [1.807, 2.05) is 24.3 Å². The highest BCUT2D eigenvalue weighted by molar-refractivity contribution is 9.10. The minimum absolute atomic E-state index is 0.198. The summed E-state index contributed by atoms with van der Waals surface area (Å²) >= 11 is 3.38. The Kier molecular flexibility index (Phi) is 4.77. The molecule has 2 rings (SSSR count). The van der Waals surface area contributed by atoms with Crippen LogP contribution in [0, 0.1) is 0 Å². The highest BCUT2D eigenvalue weighted by Gasteiger charge is 2.13. The molecule has 0 bridgehead atoms. The normalized spacial score (nSPS) is 11.3. The molecule has 0 aromatic heterocycles. The van der Waals surface area contributed by atoms with Crippen molar-refractivity contribution in [3.63, 3.8) is 0 Å². The van der Waals surface area contributed by atoms with Crippen molar-refractivity contribution in [1.82, 2.24) is 4.72 Å². The van der Waals surface area contributed by atoms with Crippen LogP contribution in [-0.4, -0.2) is 8.42 Å². The molecule has 0 amide bonds. The Morgan fingerprint density at radius 1 is 1.05 bits per heavy atom. The Morgan fingerprint density at radius 3 is 2.30 bits per heavy atom. The molecule has 0 spiro atoms. The first-order valence-electron chi connectivity index (χ1n) is 5.83. The number of benzene rings is 2. The molecule has 5 nitrogen and oxygen atoms in total. The first-order valence-corrected chi connectivity index (χ1v) is 8.10. The van der Waals surface area contributed by atoms with Gasteiger partial charge < -0.3 is 5.43 Å². The molecule has 2 aromatic rings. The predicted molar refractivity (Wildman–Crippen MR) is 82.4 cm³/mol. The van der Waals surface area contributed by atoms with E-state index in [-0.39, 0.29) is 11.4 Å². The molecule has 2 aromatic carbocycles. The molecule has 0 saturated heterocycles. The fourth-order valence-electron chi connectivity index (χ4n) is 1.63. The Labute approximate surface area is 126 Å². The van der Waals surface area contributed by atoms with Crippen molar-refractivity contribution in [2.24, 2.45) is 5.84 Å². The fraction of sp³-hybridized carbons (Fsp3) is 0.0769. The number of hydrogen-bond acceptors (Lipinski definition) is 4. The van der Waals surface area contributed by atoms with E-state index in [2.05, 4.69) is 26.1 Å². The van der Waals surface area contributed by atoms with Gasteiger partial charge in [-0.3, -0.25) is 5.84 Å². The van der Waals surface area contributed by atoms with Crippen molar-refractivity contribution in [3.8, 4) is 0 Å². The van der Waals surface area contributed by atoms with Crippen molar-refractivity contribution in [2.75, 3.05) is 5.43 Å². The number of sulfonamides is 1. The lowest BCUT2D eigenvalue weighted by atomic mass is 10.2. The van der Waals surface area contributed by atoms with Crippen LogP contribution in [0.3, 0.4) is 0 Å². The van der Waals surface area contributed by atoms with E-state index in [0.29, 0.717) is 5.69 Å². The van der Waals surface area contributed by atoms with E-state index in [1.54, 1.807) is 12.1 Å². The summed E-state index contributed by atoms with van der Waals surface area (Å²) in [7, 11) is -3.54. The number of nitrogen functional groups attached to an aromatic ring is 1. The maximum Gasteiger partial charge on any atom is 0.240 e. The predicted octanol–water partition coefficient (Wildman–Crippen LogP) is 2.21. The highest BCUT2D eigenvalue weighted by Crippen LogP contribution is 2.17. The summed E-state index contributed by atoms with van der Waals surface area (Å²) in [5.74, 6) is 5.24. The summed E-state index contributed by atoms with van der Waals surface area (Å²) in [6.07, 6.45) is 0. The van der Waals surface area contributed by atoms with Crippen LogP contribution in [0.1, 0.15) is 5.56 Å². The second-order valence-corrected chi connectivity index (χ2v) is 6.71. The van der Waals surface area contributed by atoms with Gasteiger partial charge in [0.2, 0.25) is 10.0 Å². The van der Waals surface area contributed by atoms with Gasteiger partial charge in [0.15, 0.2) is 0 Å². The van der Waals surface area contributed by atoms with E-state index in [9.17, 15) is 8.42 Å². The lowest BCUT2D eigenvalue weighted by Crippen LogP contribution is -2.23. The Hall–Kier alpha value is -1.41. The van der Waals surface area contributed by atoms with E-state index < -0.39 is 10.0 Å². The highest BCUT2D eigenvalue weighted by atomic mass is 79.9. The molecule has 0 unspecified atom stereocenters. The van der Waals surface area contributed by atoms with Crippen molar-refractivity contribution < 1.29 is 8.42 Å². The second-order valence-electron chi connectivity index (χ2n) is 4.08. The lowest BCUT2D eigenvalue weighted by molar-refractivity contribution is 0.581. The molecule has 106 valence electrons. The van der Waals surface area contributed by atoms with Crippen LogP contribution in [0.15, 0.2) is 57.9 Å². The molecular weight excluding hydrogens is 342 g/mol. The minimum atomic E-state index is -3.54. The maximum atomic E-state index is 12.1. The van der Waals surface area contributed by atoms with Crippen LogP contribution in [0.5, 0.6) is 0 Å². The summed E-state index contributed by atoms with van der Waals surface area (Å²) in [6, 6.07) is 13.7. The number of halogens is 1. The van der Waals surface area contributed by atoms with Crippen LogP contribution >= 0.6 is 15.9 Å². The number of nitrogens with two attached hydrogens (primary N) is 1. The maximum absolute atomic E-state index is 12.1. The molecule has 0 heterocycles. The van der Waals surface area contributed by atoms with Gasteiger partial charge in [-0.25, -0.2) is 13.1 Å². The SMILES string of the molecule is NNc1ccc(S(=O)(=O)NCc2ccccc2Br)cc1. The number of anilines is 1. The van der Waals surface area contributed by atoms with Crippen molar-refractivity contribution in [2.45, 2.75) is 11.4 Å². The summed E-state index contributed by atoms with van der Waals surface area (Å²) in [5, 5.41) is 0. The van der Waals surface area contributed by atoms with Gasteiger partial charge in [-0.05, 0) is 35.9 Å². The third-order valence-corrected chi connectivity index (χ3v) is 4.93. The number of hydrogen-bond donors (Lipinski definition) is 3. The van der Waals surface area contributed by atoms with Crippen LogP contribution < -0.4 is 16.0 Å². The monoisotopic (exact) mass is 355 g/mol. The molecule has 0 aliphatic heterocycles. The van der Waals surface area contributed by atoms with Crippen LogP contribution in [-0.2, 0) is 16.6 Å². The van der Waals surface area contributed by atoms with Gasteiger partial charge in [-0.15, -0.1) is 0 Å². The lowest BCUT2D eigenvalue weighted by Gasteiger charge is -2.09. The van der Waals surface area contributed by atoms with Crippen LogP contribution in [0.2, 0.25) is 0 Å². The summed E-state index contributed by atoms with van der Waals surface area (Å²) in [4.78, 5) is 0.198. The molecule has 4 N–H and O–H groups in total. The quantitative estimate of drug-likeness (QED) is 0.567. The molecule has 0 aliphatic rings. The zero-order valence-electron chi connectivity index (χ0n) is 10.5. The van der Waals surface area contributed by atoms with Gasteiger partial charge in [0.25, 0.3) is 0 Å². The molecule has 0 aliphatic carbocycles. The molecule has 20 heavy (non-hydrogen) atoms. The van der Waals surface area contributed by atoms with Gasteiger partial charge >= 0.3 is 0 Å². The number of hydrazine groups is 1. The smallest absolute Gasteiger partial charge is 0.240 e. The average Bonchev–Trinajstić information content (AvgIpc) is 2.46. The average molecular weight is 356 g/mol. The van der Waals surface area contributed by atoms with Gasteiger partial charge in [0.1, 0.15) is 0 Å². The first-order chi connectivity index (χ1) is 9.53. The first kappa shape index (κ1) is 15.0. The van der Waals surface area contributed by atoms with E-state index in [0.717, 1.165) is 10.0 Å². The van der Waals surface area contributed by atoms with Gasteiger partial charge in [-0.1, -0.05) is 34.1 Å². The molecule has 0 atom stereocenters. The van der Waals surface area contributed by atoms with Crippen molar-refractivity contribution in [1.29, 1.82) is 0 Å². The minimum Gasteiger partial charge on any atom is -0.324 e. The Morgan fingerprint density at radius 2 is 1.70 bits per heavy atom. The molecule has 7 heteroatoms. The summed E-state index contributed by atoms with van der Waals surface area (Å²) in [6.45, 7) is 0.223. The zero-order valence-corrected chi connectivity index (χ0v) is 12.9. The standard InChI is InChI=1S/C13H14BrN3O2S/c14-13-4-2-1-3-10(13)9-16-20(18,19)12-7-5-11(17-15)6-8-12/h1-8,16-17H,9,15H2. The third kappa shape index (κ3) is 3.57. The molecule has 0 fully saturated rings. The van der Waals surface area contributed by atoms with Gasteiger partial charge in [0, 0.05) is 16.7 Å². The van der Waals surface area contributed by atoms with Gasteiger partial charge in [0.05, 0.1) is 4.90 Å². The Balaban J connectivity index is 2.13. The third-order valence-electron chi connectivity index (χ3n) is 2.74. The van der Waals surface area contributed by atoms with E-state index >= 15 is 0 Å². The second kappa shape index (κ2) is 6.36. The van der Waals surface area contributed by atoms with Crippen LogP contribution in [0.25, 0.3) is 0 Å². The van der Waals surface area contributed by atoms with Crippen molar-refractivity contribution in [3.05, 3.63) is 58.6 Å². The summed E-state index contributed by atoms with van der Waals surface area (Å²) < 4.78 is 27.7. The summed E-state index contributed by atoms with van der Waals surface area (Å²) in [5.41, 5.74) is 3.97. The number of rotatable bonds is 5. The molecular formula is C13H14BrN3O2S. The largest absolute Gasteiger partial charge is 0.324 e. The van der Waals surface area contributed by atoms with Crippen molar-refractivity contribution >= 4 is 31.6 Å². The van der Waals surface area contributed by atoms with E-state index in [1.165, 1.54) is 12.1 Å². The Bertz CT molecular complexity index is 687. The topological polar surface area (TPSA) is 84.2 Å². The number of nitrogens with one attached hydrogen (secondary N) is 2. The molecule has 0 radical (unpaired) electrons. The van der Waals surface area contributed by atoms with E-state index in [4.69, 9.17) is 5.84 Å². The molecule has 0 saturated carbocycles. The zero-order chi connectivity index (χ0) is 14.6. The van der Waals surface area contributed by atoms with Gasteiger partial charge in [-0.2, -0.15) is 0 Å². The van der Waals surface area contributed by atoms with Crippen LogP contribution in [0.4, 0.5) is 5.69 Å².